The standard InChI is InChI=1S/C30H34F5N4O9P/c1-11-7-15-24-18(12(11)2)30(3,4)8-13(5-6-14-19(31)21(33)23(35)22(34)20(14)32)39(24)25-27(36-29(44)37-28(25)43)38(15)9-16(40)26(42)17(41)10-48-49(45,46)47/h7,13,16-17,26,40-42H,5-6,8-10H2,1-4H3,(H2,45,46,47)(H2,36,37,43,44)/t13-,16+,17-,26+/m1/s1. The van der Waals surface area contributed by atoms with Crippen molar-refractivity contribution in [3.63, 3.8) is 0 Å². The van der Waals surface area contributed by atoms with Crippen molar-refractivity contribution >= 4 is 30.7 Å². The van der Waals surface area contributed by atoms with Crippen LogP contribution in [0.25, 0.3) is 0 Å². The maximum atomic E-state index is 14.7. The van der Waals surface area contributed by atoms with Crippen molar-refractivity contribution in [3.8, 4) is 0 Å². The lowest BCUT2D eigenvalue weighted by molar-refractivity contribution is -0.0717. The molecular formula is C30H34F5N4O9P. The lowest BCUT2D eigenvalue weighted by Crippen LogP contribution is -2.51. The summed E-state index contributed by atoms with van der Waals surface area (Å²) in [5.74, 6) is -10.6. The van der Waals surface area contributed by atoms with Crippen LogP contribution in [-0.4, -0.2) is 72.6 Å². The summed E-state index contributed by atoms with van der Waals surface area (Å²) in [6.45, 7) is 5.69. The lowest BCUT2D eigenvalue weighted by Gasteiger charge is -2.51. The summed E-state index contributed by atoms with van der Waals surface area (Å²) in [6.07, 6.45) is -6.55. The van der Waals surface area contributed by atoms with Gasteiger partial charge in [0.1, 0.15) is 29.8 Å². The molecule has 268 valence electrons. The first-order valence-electron chi connectivity index (χ1n) is 15.0. The monoisotopic (exact) mass is 720 g/mol. The number of fused-ring (bicyclic) bond motifs is 2. The second-order valence-corrected chi connectivity index (χ2v) is 14.1. The molecule has 5 rings (SSSR count). The van der Waals surface area contributed by atoms with Gasteiger partial charge in [-0.3, -0.25) is 19.3 Å². The van der Waals surface area contributed by atoms with Crippen molar-refractivity contribution in [1.82, 2.24) is 9.97 Å². The third kappa shape index (κ3) is 6.54. The molecule has 0 amide bonds. The number of aromatic amines is 2. The van der Waals surface area contributed by atoms with E-state index in [1.807, 2.05) is 20.8 Å². The first-order chi connectivity index (χ1) is 22.7. The van der Waals surface area contributed by atoms with Crippen LogP contribution in [0.3, 0.4) is 0 Å². The Kier molecular flexibility index (Phi) is 9.66. The highest BCUT2D eigenvalue weighted by atomic mass is 31.2. The van der Waals surface area contributed by atoms with E-state index in [4.69, 9.17) is 9.79 Å². The van der Waals surface area contributed by atoms with Gasteiger partial charge in [0.25, 0.3) is 5.56 Å². The number of aromatic nitrogens is 2. The van der Waals surface area contributed by atoms with Crippen LogP contribution >= 0.6 is 7.82 Å². The summed E-state index contributed by atoms with van der Waals surface area (Å²) in [5.41, 5.74) is -0.965. The minimum atomic E-state index is -5.04. The maximum Gasteiger partial charge on any atom is 0.469 e. The van der Waals surface area contributed by atoms with Crippen molar-refractivity contribution in [1.29, 1.82) is 0 Å². The van der Waals surface area contributed by atoms with Crippen molar-refractivity contribution < 1.29 is 56.1 Å². The fraction of sp³-hybridized carbons (Fsp3) is 0.467. The number of benzene rings is 2. The van der Waals surface area contributed by atoms with Gasteiger partial charge in [-0.25, -0.2) is 31.3 Å². The molecule has 0 unspecified atom stereocenters. The number of H-pyrrole nitrogens is 2. The molecule has 19 heteroatoms. The lowest BCUT2D eigenvalue weighted by atomic mass is 9.70. The zero-order chi connectivity index (χ0) is 36.5. The summed E-state index contributed by atoms with van der Waals surface area (Å²) in [7, 11) is -5.04. The van der Waals surface area contributed by atoms with E-state index in [0.717, 1.165) is 11.1 Å². The van der Waals surface area contributed by atoms with Crippen LogP contribution in [-0.2, 0) is 20.9 Å². The first kappa shape index (κ1) is 36.6. The Labute approximate surface area is 274 Å². The predicted molar refractivity (Wildman–Crippen MR) is 165 cm³/mol. The average molecular weight is 721 g/mol. The number of phosphoric acid groups is 1. The Morgan fingerprint density at radius 3 is 2.14 bits per heavy atom. The zero-order valence-electron chi connectivity index (χ0n) is 26.5. The van der Waals surface area contributed by atoms with Gasteiger partial charge < -0.3 is 34.9 Å². The second kappa shape index (κ2) is 12.9. The van der Waals surface area contributed by atoms with Crippen LogP contribution in [0.2, 0.25) is 0 Å². The van der Waals surface area contributed by atoms with Crippen molar-refractivity contribution in [2.45, 2.75) is 76.7 Å². The molecule has 0 saturated heterocycles. The molecule has 2 aliphatic heterocycles. The van der Waals surface area contributed by atoms with E-state index in [2.05, 4.69) is 14.5 Å². The van der Waals surface area contributed by atoms with Gasteiger partial charge in [-0.2, -0.15) is 0 Å². The number of hydrogen-bond donors (Lipinski definition) is 7. The van der Waals surface area contributed by atoms with Gasteiger partial charge in [-0.15, -0.1) is 0 Å². The molecular weight excluding hydrogens is 686 g/mol. The number of aryl methyl sites for hydroxylation is 1. The highest BCUT2D eigenvalue weighted by Crippen LogP contribution is 2.57. The fourth-order valence-electron chi connectivity index (χ4n) is 6.85. The van der Waals surface area contributed by atoms with Gasteiger partial charge in [0.2, 0.25) is 5.82 Å². The zero-order valence-corrected chi connectivity index (χ0v) is 27.4. The normalized spacial score (nSPS) is 18.6. The molecule has 3 aromatic rings. The van der Waals surface area contributed by atoms with Gasteiger partial charge in [0, 0.05) is 11.6 Å². The highest BCUT2D eigenvalue weighted by Gasteiger charge is 2.47. The topological polar surface area (TPSA) is 200 Å². The molecule has 0 bridgehead atoms. The molecule has 7 N–H and O–H groups in total. The highest BCUT2D eigenvalue weighted by molar-refractivity contribution is 7.46. The summed E-state index contributed by atoms with van der Waals surface area (Å²) in [6, 6.07) is 0.840. The number of aliphatic hydroxyl groups excluding tert-OH is 3. The van der Waals surface area contributed by atoms with Gasteiger partial charge in [0.15, 0.2) is 23.3 Å². The van der Waals surface area contributed by atoms with Crippen LogP contribution in [0.4, 0.5) is 44.8 Å². The molecule has 0 radical (unpaired) electrons. The Morgan fingerprint density at radius 1 is 0.959 bits per heavy atom. The number of anilines is 4. The summed E-state index contributed by atoms with van der Waals surface area (Å²) >= 11 is 0. The minimum absolute atomic E-state index is 0.191. The number of phosphoric ester groups is 1. The molecule has 1 aromatic heterocycles. The Morgan fingerprint density at radius 2 is 1.55 bits per heavy atom. The summed E-state index contributed by atoms with van der Waals surface area (Å²) in [5, 5.41) is 31.9. The van der Waals surface area contributed by atoms with Crippen LogP contribution in [0.1, 0.15) is 48.9 Å². The SMILES string of the molecule is Cc1cc2c3c(c1C)C(C)(C)C[C@@H](CCc1c(F)c(F)c(F)c(F)c1F)N3c1c([nH]c(=O)[nH]c1=O)N2C[C@H](O)[C@H](O)[C@H](O)COP(=O)(O)O. The van der Waals surface area contributed by atoms with E-state index in [-0.39, 0.29) is 30.0 Å². The first-order valence-corrected chi connectivity index (χ1v) is 16.5. The van der Waals surface area contributed by atoms with Gasteiger partial charge >= 0.3 is 13.5 Å². The number of nitrogens with zero attached hydrogens (tertiary/aromatic N) is 2. The Balaban J connectivity index is 1.64. The molecule has 0 aliphatic carbocycles. The Hall–Kier alpha value is -3.64. The summed E-state index contributed by atoms with van der Waals surface area (Å²) < 4.78 is 86.6. The second-order valence-electron chi connectivity index (χ2n) is 12.9. The smallest absolute Gasteiger partial charge is 0.388 e. The number of rotatable bonds is 10. The van der Waals surface area contributed by atoms with Crippen LogP contribution < -0.4 is 21.0 Å². The maximum absolute atomic E-state index is 14.7. The Bertz CT molecular complexity index is 1960. The largest absolute Gasteiger partial charge is 0.469 e. The summed E-state index contributed by atoms with van der Waals surface area (Å²) in [4.78, 5) is 51.5. The van der Waals surface area contributed by atoms with E-state index in [9.17, 15) is 51.4 Å². The van der Waals surface area contributed by atoms with E-state index in [1.165, 1.54) is 9.80 Å². The molecule has 2 aromatic carbocycles. The van der Waals surface area contributed by atoms with E-state index >= 15 is 0 Å². The van der Waals surface area contributed by atoms with Crippen molar-refractivity contribution in [3.05, 3.63) is 78.2 Å². The molecule has 3 heterocycles. The van der Waals surface area contributed by atoms with Crippen molar-refractivity contribution in [2.24, 2.45) is 0 Å². The quantitative estimate of drug-likeness (QED) is 0.0704. The van der Waals surface area contributed by atoms with Gasteiger partial charge in [0.05, 0.1) is 24.5 Å². The number of halogens is 5. The molecule has 49 heavy (non-hydrogen) atoms. The third-order valence-corrected chi connectivity index (χ3v) is 9.61. The van der Waals surface area contributed by atoms with Gasteiger partial charge in [-0.05, 0) is 61.3 Å². The molecule has 0 fully saturated rings. The molecule has 13 nitrogen and oxygen atoms in total. The third-order valence-electron chi connectivity index (χ3n) is 9.13. The van der Waals surface area contributed by atoms with Crippen LogP contribution in [0.5, 0.6) is 0 Å². The predicted octanol–water partition coefficient (Wildman–Crippen LogP) is 2.84. The van der Waals surface area contributed by atoms with E-state index in [0.29, 0.717) is 11.3 Å². The molecule has 0 spiro atoms. The molecule has 0 saturated carbocycles. The average Bonchev–Trinajstić information content (AvgIpc) is 3.00. The number of aliphatic hydroxyl groups is 3. The molecule has 2 aliphatic rings. The van der Waals surface area contributed by atoms with Gasteiger partial charge in [-0.1, -0.05) is 13.8 Å². The number of β-amino-alcohol motifs (C(OH)–C–C–N with tert-alkyl or cyclic N) is 1. The minimum Gasteiger partial charge on any atom is -0.388 e. The number of hydrogen-bond acceptors (Lipinski definition) is 9. The van der Waals surface area contributed by atoms with E-state index < -0.39 is 103 Å². The fourth-order valence-corrected chi connectivity index (χ4v) is 7.20. The van der Waals surface area contributed by atoms with E-state index in [1.54, 1.807) is 13.0 Å². The van der Waals surface area contributed by atoms with Crippen LogP contribution in [0, 0.1) is 42.9 Å². The molecule has 4 atom stereocenters. The van der Waals surface area contributed by atoms with Crippen molar-refractivity contribution in [2.75, 3.05) is 23.0 Å². The van der Waals surface area contributed by atoms with Crippen LogP contribution in [0.15, 0.2) is 15.7 Å². The number of nitrogens with one attached hydrogen (secondary N) is 2.